The molecule has 0 radical (unpaired) electrons. The number of esters is 3. The Bertz CT molecular complexity index is 1180. The molecule has 14 heteroatoms. The van der Waals surface area contributed by atoms with Crippen LogP contribution in [-0.2, 0) is 42.6 Å². The van der Waals surface area contributed by atoms with E-state index in [4.69, 9.17) is 14.2 Å². The quantitative estimate of drug-likeness (QED) is 0.176. The van der Waals surface area contributed by atoms with Crippen molar-refractivity contribution in [2.75, 3.05) is 40.0 Å². The van der Waals surface area contributed by atoms with Gasteiger partial charge in [-0.1, -0.05) is 30.3 Å². The fourth-order valence-electron chi connectivity index (χ4n) is 4.53. The summed E-state index contributed by atoms with van der Waals surface area (Å²) in [5, 5.41) is 3.16. The molecule has 1 unspecified atom stereocenters. The summed E-state index contributed by atoms with van der Waals surface area (Å²) in [7, 11) is 1.42. The number of nitrogens with zero attached hydrogens (tertiary/aromatic N) is 1. The number of piperidine rings is 1. The highest BCUT2D eigenvalue weighted by Crippen LogP contribution is 2.36. The molecule has 2 aromatic carbocycles. The van der Waals surface area contributed by atoms with Crippen LogP contribution >= 0.6 is 0 Å². The first-order valence-corrected chi connectivity index (χ1v) is 13.0. The van der Waals surface area contributed by atoms with E-state index in [9.17, 15) is 40.7 Å². The van der Waals surface area contributed by atoms with Crippen LogP contribution < -0.4 is 5.32 Å². The van der Waals surface area contributed by atoms with Crippen molar-refractivity contribution in [2.24, 2.45) is 0 Å². The lowest BCUT2D eigenvalue weighted by atomic mass is 9.98. The van der Waals surface area contributed by atoms with Crippen LogP contribution in [0, 0.1) is 0 Å². The second-order valence-electron chi connectivity index (χ2n) is 9.58. The van der Waals surface area contributed by atoms with Crippen LogP contribution in [0.2, 0.25) is 0 Å². The maximum Gasteiger partial charge on any atom is 0.416 e. The number of nitrogens with one attached hydrogen (secondary N) is 1. The second-order valence-corrected chi connectivity index (χ2v) is 9.58. The summed E-state index contributed by atoms with van der Waals surface area (Å²) in [4.78, 5) is 40.6. The summed E-state index contributed by atoms with van der Waals surface area (Å²) in [5.41, 5.74) is -3.95. The topological polar surface area (TPSA) is 94.2 Å². The molecular formula is C28H30F6N2O6. The number of rotatable bonds is 11. The number of benzene rings is 2. The highest BCUT2D eigenvalue weighted by Gasteiger charge is 2.39. The van der Waals surface area contributed by atoms with E-state index in [0.717, 1.165) is 0 Å². The molecule has 1 aliphatic rings. The minimum Gasteiger partial charge on any atom is -0.462 e. The first-order valence-electron chi connectivity index (χ1n) is 13.0. The van der Waals surface area contributed by atoms with Gasteiger partial charge in [-0.25, -0.2) is 9.59 Å². The van der Waals surface area contributed by atoms with Crippen LogP contribution in [0.3, 0.4) is 0 Å². The van der Waals surface area contributed by atoms with Crippen molar-refractivity contribution < 1.29 is 54.9 Å². The summed E-state index contributed by atoms with van der Waals surface area (Å²) in [6.07, 6.45) is -9.48. The molecule has 1 N–H and O–H groups in total. The van der Waals surface area contributed by atoms with Gasteiger partial charge in [0.1, 0.15) is 12.6 Å². The van der Waals surface area contributed by atoms with Gasteiger partial charge in [0.15, 0.2) is 0 Å². The molecule has 0 spiro atoms. The molecule has 0 aromatic heterocycles. The van der Waals surface area contributed by atoms with Crippen molar-refractivity contribution in [2.45, 2.75) is 43.7 Å². The van der Waals surface area contributed by atoms with Crippen molar-refractivity contribution in [1.82, 2.24) is 10.2 Å². The van der Waals surface area contributed by atoms with Crippen LogP contribution in [0.5, 0.6) is 0 Å². The Balaban J connectivity index is 1.95. The summed E-state index contributed by atoms with van der Waals surface area (Å²) >= 11 is 0. The van der Waals surface area contributed by atoms with Gasteiger partial charge in [-0.3, -0.25) is 9.69 Å². The Labute approximate surface area is 237 Å². The lowest BCUT2D eigenvalue weighted by Crippen LogP contribution is -2.54. The third-order valence-electron chi connectivity index (χ3n) is 6.60. The molecule has 1 saturated heterocycles. The lowest BCUT2D eigenvalue weighted by Gasteiger charge is -2.38. The zero-order chi connectivity index (χ0) is 30.9. The first kappa shape index (κ1) is 33.0. The van der Waals surface area contributed by atoms with E-state index >= 15 is 0 Å². The van der Waals surface area contributed by atoms with Crippen molar-refractivity contribution in [3.63, 3.8) is 0 Å². The molecule has 8 nitrogen and oxygen atoms in total. The van der Waals surface area contributed by atoms with E-state index in [0.29, 0.717) is 31.5 Å². The van der Waals surface area contributed by atoms with Gasteiger partial charge in [-0.05, 0) is 56.1 Å². The molecule has 42 heavy (non-hydrogen) atoms. The van der Waals surface area contributed by atoms with Crippen molar-refractivity contribution in [1.29, 1.82) is 0 Å². The van der Waals surface area contributed by atoms with Crippen molar-refractivity contribution in [3.05, 3.63) is 70.8 Å². The van der Waals surface area contributed by atoms with Crippen LogP contribution in [0.1, 0.15) is 39.9 Å². The molecule has 230 valence electrons. The number of ether oxygens (including phenoxy) is 3. The highest BCUT2D eigenvalue weighted by molar-refractivity contribution is 5.98. The predicted octanol–water partition coefficient (Wildman–Crippen LogP) is 4.26. The predicted molar refractivity (Wildman–Crippen MR) is 136 cm³/mol. The number of methoxy groups -OCH3 is 1. The van der Waals surface area contributed by atoms with Gasteiger partial charge in [0.05, 0.1) is 29.8 Å². The minimum atomic E-state index is -5.20. The van der Waals surface area contributed by atoms with Gasteiger partial charge in [-0.2, -0.15) is 26.3 Å². The van der Waals surface area contributed by atoms with Crippen LogP contribution in [-0.4, -0.2) is 74.8 Å². The van der Waals surface area contributed by atoms with Gasteiger partial charge in [-0.15, -0.1) is 0 Å². The SMILES string of the molecule is COCCOC(=O)CN(C1CCNCC1)C(Cc1ccccc1)C(=O)OC(=O)c1cc(C(F)(F)F)cc(C(F)(F)F)c1. The van der Waals surface area contributed by atoms with Crippen LogP contribution in [0.15, 0.2) is 48.5 Å². The van der Waals surface area contributed by atoms with E-state index in [1.54, 1.807) is 30.3 Å². The molecule has 1 fully saturated rings. The largest absolute Gasteiger partial charge is 0.462 e. The molecular weight excluding hydrogens is 574 g/mol. The monoisotopic (exact) mass is 604 g/mol. The fourth-order valence-corrected chi connectivity index (χ4v) is 4.53. The lowest BCUT2D eigenvalue weighted by molar-refractivity contribution is -0.152. The van der Waals surface area contributed by atoms with E-state index in [1.165, 1.54) is 12.0 Å². The summed E-state index contributed by atoms with van der Waals surface area (Å²) in [6.45, 7) is 0.780. The highest BCUT2D eigenvalue weighted by atomic mass is 19.4. The molecule has 2 aromatic rings. The maximum atomic E-state index is 13.5. The number of carbonyl (C=O) groups is 3. The number of alkyl halides is 6. The molecule has 3 rings (SSSR count). The molecule has 0 saturated carbocycles. The second kappa shape index (κ2) is 14.6. The van der Waals surface area contributed by atoms with E-state index in [2.05, 4.69) is 5.32 Å². The van der Waals surface area contributed by atoms with E-state index < -0.39 is 59.5 Å². The zero-order valence-electron chi connectivity index (χ0n) is 22.6. The Kier molecular flexibility index (Phi) is 11.5. The average molecular weight is 605 g/mol. The van der Waals surface area contributed by atoms with Crippen molar-refractivity contribution >= 4 is 17.9 Å². The molecule has 1 heterocycles. The molecule has 1 atom stereocenters. The smallest absolute Gasteiger partial charge is 0.416 e. The Hall–Kier alpha value is -3.49. The standard InChI is InChI=1S/C28H30F6N2O6/c1-40-11-12-41-24(37)17-36(22-7-9-35-10-8-22)23(13-18-5-3-2-4-6-18)26(39)42-25(38)19-14-20(27(29,30)31)16-21(15-19)28(32,33)34/h2-6,14-16,22-23,35H,7-13,17H2,1H3. The van der Waals surface area contributed by atoms with Crippen LogP contribution in [0.25, 0.3) is 0 Å². The summed E-state index contributed by atoms with van der Waals surface area (Å²) in [5.74, 6) is -3.63. The number of hydrogen-bond donors (Lipinski definition) is 1. The first-order chi connectivity index (χ1) is 19.8. The Morgan fingerprint density at radius 2 is 1.52 bits per heavy atom. The summed E-state index contributed by atoms with van der Waals surface area (Å²) < 4.78 is 94.9. The van der Waals surface area contributed by atoms with E-state index in [1.807, 2.05) is 0 Å². The molecule has 0 bridgehead atoms. The fraction of sp³-hybridized carbons (Fsp3) is 0.464. The van der Waals surface area contributed by atoms with Gasteiger partial charge in [0.2, 0.25) is 0 Å². The van der Waals surface area contributed by atoms with Crippen LogP contribution in [0.4, 0.5) is 26.3 Å². The zero-order valence-corrected chi connectivity index (χ0v) is 22.6. The van der Waals surface area contributed by atoms with Gasteiger partial charge < -0.3 is 19.5 Å². The third kappa shape index (κ3) is 9.53. The Morgan fingerprint density at radius 3 is 2.07 bits per heavy atom. The molecule has 0 aliphatic carbocycles. The number of halogens is 6. The van der Waals surface area contributed by atoms with Gasteiger partial charge in [0.25, 0.3) is 0 Å². The molecule has 0 amide bonds. The maximum absolute atomic E-state index is 13.5. The van der Waals surface area contributed by atoms with Gasteiger partial charge >= 0.3 is 30.3 Å². The minimum absolute atomic E-state index is 0.0568. The molecule has 1 aliphatic heterocycles. The summed E-state index contributed by atoms with van der Waals surface area (Å²) in [6, 6.07) is 7.06. The number of carbonyl (C=O) groups excluding carboxylic acids is 3. The average Bonchev–Trinajstić information content (AvgIpc) is 2.94. The Morgan fingerprint density at radius 1 is 0.929 bits per heavy atom. The van der Waals surface area contributed by atoms with Gasteiger partial charge in [0, 0.05) is 13.2 Å². The normalized spacial score (nSPS) is 15.3. The third-order valence-corrected chi connectivity index (χ3v) is 6.60. The van der Waals surface area contributed by atoms with E-state index in [-0.39, 0.29) is 43.9 Å². The number of hydrogen-bond acceptors (Lipinski definition) is 8. The van der Waals surface area contributed by atoms with Crippen molar-refractivity contribution in [3.8, 4) is 0 Å².